The van der Waals surface area contributed by atoms with Gasteiger partial charge < -0.3 is 9.88 Å². The molecule has 0 radical (unpaired) electrons. The van der Waals surface area contributed by atoms with E-state index in [-0.39, 0.29) is 11.9 Å². The Hall–Kier alpha value is -3.48. The van der Waals surface area contributed by atoms with Gasteiger partial charge in [0.2, 0.25) is 0 Å². The second kappa shape index (κ2) is 6.68. The largest absolute Gasteiger partial charge is 0.322 e. The smallest absolute Gasteiger partial charge is 0.257 e. The SMILES string of the molecule is Cc1nc2c(cnn2C(C)C)cc1C(=O)Nc1ccc(-n2ccnc2)cc1. The predicted molar refractivity (Wildman–Crippen MR) is 104 cm³/mol. The highest BCUT2D eigenvalue weighted by Gasteiger charge is 2.15. The van der Waals surface area contributed by atoms with Crippen molar-refractivity contribution in [2.75, 3.05) is 5.32 Å². The van der Waals surface area contributed by atoms with Crippen molar-refractivity contribution in [1.82, 2.24) is 24.3 Å². The van der Waals surface area contributed by atoms with Crippen molar-refractivity contribution in [2.24, 2.45) is 0 Å². The molecule has 0 atom stereocenters. The third kappa shape index (κ3) is 3.19. The second-order valence-electron chi connectivity index (χ2n) is 6.69. The summed E-state index contributed by atoms with van der Waals surface area (Å²) >= 11 is 0. The first-order chi connectivity index (χ1) is 13.0. The first kappa shape index (κ1) is 17.0. The zero-order valence-electron chi connectivity index (χ0n) is 15.4. The van der Waals surface area contributed by atoms with Gasteiger partial charge in [-0.05, 0) is 51.1 Å². The van der Waals surface area contributed by atoms with Crippen molar-refractivity contribution in [1.29, 1.82) is 0 Å². The monoisotopic (exact) mass is 360 g/mol. The molecule has 0 spiro atoms. The Morgan fingerprint density at radius 3 is 2.63 bits per heavy atom. The summed E-state index contributed by atoms with van der Waals surface area (Å²) in [5.41, 5.74) is 3.72. The van der Waals surface area contributed by atoms with Crippen LogP contribution in [0.3, 0.4) is 0 Å². The van der Waals surface area contributed by atoms with E-state index < -0.39 is 0 Å². The maximum Gasteiger partial charge on any atom is 0.257 e. The quantitative estimate of drug-likeness (QED) is 0.601. The standard InChI is InChI=1S/C20H20N6O/c1-13(2)26-19-15(11-22-26)10-18(14(3)23-19)20(27)24-16-4-6-17(7-5-16)25-9-8-21-12-25/h4-13H,1-3H3,(H,24,27). The molecule has 0 aliphatic heterocycles. The van der Waals surface area contributed by atoms with Gasteiger partial charge in [0.25, 0.3) is 5.91 Å². The molecule has 1 aromatic carbocycles. The molecule has 3 heterocycles. The number of nitrogens with zero attached hydrogens (tertiary/aromatic N) is 5. The number of aryl methyl sites for hydroxylation is 1. The van der Waals surface area contributed by atoms with Crippen LogP contribution in [0.25, 0.3) is 16.7 Å². The summed E-state index contributed by atoms with van der Waals surface area (Å²) in [6.07, 6.45) is 7.08. The summed E-state index contributed by atoms with van der Waals surface area (Å²) in [7, 11) is 0. The minimum Gasteiger partial charge on any atom is -0.322 e. The van der Waals surface area contributed by atoms with E-state index in [1.165, 1.54) is 0 Å². The van der Waals surface area contributed by atoms with Crippen LogP contribution in [0.15, 0.2) is 55.2 Å². The van der Waals surface area contributed by atoms with E-state index in [2.05, 4.69) is 34.2 Å². The molecule has 0 aliphatic rings. The number of benzene rings is 1. The number of fused-ring (bicyclic) bond motifs is 1. The Kier molecular flexibility index (Phi) is 4.19. The van der Waals surface area contributed by atoms with Crippen LogP contribution in [0.2, 0.25) is 0 Å². The molecule has 3 aromatic heterocycles. The molecule has 0 aliphatic carbocycles. The molecule has 4 aromatic rings. The van der Waals surface area contributed by atoms with Gasteiger partial charge in [-0.15, -0.1) is 0 Å². The Morgan fingerprint density at radius 2 is 1.96 bits per heavy atom. The molecule has 0 saturated carbocycles. The van der Waals surface area contributed by atoms with Gasteiger partial charge in [-0.1, -0.05) is 0 Å². The lowest BCUT2D eigenvalue weighted by Gasteiger charge is -2.10. The van der Waals surface area contributed by atoms with Crippen LogP contribution in [0, 0.1) is 6.92 Å². The van der Waals surface area contributed by atoms with Crippen LogP contribution in [0.4, 0.5) is 5.69 Å². The maximum atomic E-state index is 12.7. The van der Waals surface area contributed by atoms with Gasteiger partial charge in [0.1, 0.15) is 0 Å². The lowest BCUT2D eigenvalue weighted by atomic mass is 10.1. The Bertz CT molecular complexity index is 1090. The molecule has 7 heteroatoms. The normalized spacial score (nSPS) is 11.3. The summed E-state index contributed by atoms with van der Waals surface area (Å²) < 4.78 is 3.76. The van der Waals surface area contributed by atoms with E-state index in [1.54, 1.807) is 18.7 Å². The van der Waals surface area contributed by atoms with Gasteiger partial charge in [0, 0.05) is 35.2 Å². The number of carbonyl (C=O) groups excluding carboxylic acids is 1. The third-order valence-corrected chi connectivity index (χ3v) is 4.42. The number of aromatic nitrogens is 5. The van der Waals surface area contributed by atoms with Crippen LogP contribution in [0.1, 0.15) is 35.9 Å². The number of amides is 1. The zero-order valence-corrected chi connectivity index (χ0v) is 15.4. The Morgan fingerprint density at radius 1 is 1.19 bits per heavy atom. The van der Waals surface area contributed by atoms with Crippen molar-refractivity contribution >= 4 is 22.6 Å². The third-order valence-electron chi connectivity index (χ3n) is 4.42. The number of hydrogen-bond donors (Lipinski definition) is 1. The molecule has 0 bridgehead atoms. The molecule has 136 valence electrons. The van der Waals surface area contributed by atoms with Crippen molar-refractivity contribution < 1.29 is 4.79 Å². The molecule has 1 amide bonds. The lowest BCUT2D eigenvalue weighted by molar-refractivity contribution is 0.102. The molecule has 0 fully saturated rings. The van der Waals surface area contributed by atoms with Crippen molar-refractivity contribution in [3.8, 4) is 5.69 Å². The maximum absolute atomic E-state index is 12.7. The van der Waals surface area contributed by atoms with Gasteiger partial charge in [0.15, 0.2) is 5.65 Å². The van der Waals surface area contributed by atoms with E-state index in [0.29, 0.717) is 11.3 Å². The number of rotatable bonds is 4. The van der Waals surface area contributed by atoms with Crippen LogP contribution in [-0.4, -0.2) is 30.2 Å². The summed E-state index contributed by atoms with van der Waals surface area (Å²) in [6, 6.07) is 9.65. The number of imidazole rings is 1. The molecule has 0 saturated heterocycles. The van der Waals surface area contributed by atoms with Crippen LogP contribution >= 0.6 is 0 Å². The minimum absolute atomic E-state index is 0.186. The summed E-state index contributed by atoms with van der Waals surface area (Å²) in [4.78, 5) is 21.4. The Balaban J connectivity index is 1.58. The van der Waals surface area contributed by atoms with Gasteiger partial charge >= 0.3 is 0 Å². The van der Waals surface area contributed by atoms with Gasteiger partial charge in [-0.3, -0.25) is 4.79 Å². The fourth-order valence-electron chi connectivity index (χ4n) is 3.00. The molecule has 1 N–H and O–H groups in total. The summed E-state index contributed by atoms with van der Waals surface area (Å²) in [6.45, 7) is 5.95. The van der Waals surface area contributed by atoms with Crippen LogP contribution in [0.5, 0.6) is 0 Å². The second-order valence-corrected chi connectivity index (χ2v) is 6.69. The highest BCUT2D eigenvalue weighted by atomic mass is 16.1. The average Bonchev–Trinajstić information content (AvgIpc) is 3.31. The summed E-state index contributed by atoms with van der Waals surface area (Å²) in [5.74, 6) is -0.186. The molecule has 0 unspecified atom stereocenters. The number of carbonyl (C=O) groups is 1. The lowest BCUT2D eigenvalue weighted by Crippen LogP contribution is -2.14. The van der Waals surface area contributed by atoms with E-state index >= 15 is 0 Å². The fourth-order valence-corrected chi connectivity index (χ4v) is 3.00. The number of nitrogens with one attached hydrogen (secondary N) is 1. The first-order valence-corrected chi connectivity index (χ1v) is 8.77. The molecular weight excluding hydrogens is 340 g/mol. The Labute approximate surface area is 156 Å². The van der Waals surface area contributed by atoms with Crippen molar-refractivity contribution in [3.63, 3.8) is 0 Å². The molecule has 4 rings (SSSR count). The molecular formula is C20H20N6O. The summed E-state index contributed by atoms with van der Waals surface area (Å²) in [5, 5.41) is 8.16. The van der Waals surface area contributed by atoms with Gasteiger partial charge in [-0.25, -0.2) is 14.6 Å². The fraction of sp³-hybridized carbons (Fsp3) is 0.200. The number of anilines is 1. The highest BCUT2D eigenvalue weighted by molar-refractivity contribution is 6.06. The molecule has 7 nitrogen and oxygen atoms in total. The highest BCUT2D eigenvalue weighted by Crippen LogP contribution is 2.21. The number of pyridine rings is 1. The average molecular weight is 360 g/mol. The van der Waals surface area contributed by atoms with E-state index in [9.17, 15) is 4.79 Å². The van der Waals surface area contributed by atoms with E-state index in [1.807, 2.05) is 52.7 Å². The first-order valence-electron chi connectivity index (χ1n) is 8.77. The number of hydrogen-bond acceptors (Lipinski definition) is 4. The van der Waals surface area contributed by atoms with Crippen molar-refractivity contribution in [2.45, 2.75) is 26.8 Å². The predicted octanol–water partition coefficient (Wildman–Crippen LogP) is 3.76. The van der Waals surface area contributed by atoms with Gasteiger partial charge in [-0.2, -0.15) is 5.10 Å². The molecule has 27 heavy (non-hydrogen) atoms. The van der Waals surface area contributed by atoms with Crippen molar-refractivity contribution in [3.05, 3.63) is 66.5 Å². The van der Waals surface area contributed by atoms with Gasteiger partial charge in [0.05, 0.1) is 23.8 Å². The van der Waals surface area contributed by atoms with E-state index in [0.717, 1.165) is 22.4 Å². The van der Waals surface area contributed by atoms with Crippen LogP contribution < -0.4 is 5.32 Å². The zero-order chi connectivity index (χ0) is 19.0. The van der Waals surface area contributed by atoms with E-state index in [4.69, 9.17) is 0 Å². The van der Waals surface area contributed by atoms with Crippen LogP contribution in [-0.2, 0) is 0 Å². The minimum atomic E-state index is -0.186. The topological polar surface area (TPSA) is 77.6 Å².